The van der Waals surface area contributed by atoms with Crippen molar-refractivity contribution in [1.82, 2.24) is 10.2 Å². The lowest BCUT2D eigenvalue weighted by Gasteiger charge is -2.30. The molecule has 0 radical (unpaired) electrons. The van der Waals surface area contributed by atoms with Crippen LogP contribution in [0.15, 0.2) is 0 Å². The molecule has 3 rings (SSSR count). The van der Waals surface area contributed by atoms with Gasteiger partial charge in [-0.05, 0) is 62.8 Å². The van der Waals surface area contributed by atoms with Gasteiger partial charge in [0.25, 0.3) is 0 Å². The maximum Gasteiger partial charge on any atom is 0.234 e. The Labute approximate surface area is 128 Å². The van der Waals surface area contributed by atoms with E-state index in [1.165, 1.54) is 25.7 Å². The average molecular weight is 294 g/mol. The van der Waals surface area contributed by atoms with Gasteiger partial charge in [-0.3, -0.25) is 9.69 Å². The first kappa shape index (κ1) is 15.3. The Kier molecular flexibility index (Phi) is 4.55. The zero-order valence-corrected chi connectivity index (χ0v) is 13.4. The molecule has 0 aromatic heterocycles. The van der Waals surface area contributed by atoms with Crippen molar-refractivity contribution >= 4 is 5.91 Å². The molecule has 120 valence electrons. The third-order valence-corrected chi connectivity index (χ3v) is 6.35. The van der Waals surface area contributed by atoms with Crippen LogP contribution in [0.3, 0.4) is 0 Å². The third kappa shape index (κ3) is 3.11. The van der Waals surface area contributed by atoms with Crippen LogP contribution in [-0.4, -0.2) is 47.7 Å². The summed E-state index contributed by atoms with van der Waals surface area (Å²) in [6.07, 6.45) is 6.56. The quantitative estimate of drug-likeness (QED) is 0.810. The van der Waals surface area contributed by atoms with Crippen LogP contribution in [0.25, 0.3) is 0 Å². The summed E-state index contributed by atoms with van der Waals surface area (Å²) in [6, 6.07) is 0.467. The van der Waals surface area contributed by atoms with Crippen LogP contribution in [0.5, 0.6) is 0 Å². The second kappa shape index (κ2) is 6.25. The Bertz CT molecular complexity index is 387. The van der Waals surface area contributed by atoms with E-state index in [-0.39, 0.29) is 18.6 Å². The van der Waals surface area contributed by atoms with Crippen molar-refractivity contribution in [2.24, 2.45) is 23.7 Å². The van der Waals surface area contributed by atoms with Crippen LogP contribution in [0.1, 0.15) is 46.0 Å². The summed E-state index contributed by atoms with van der Waals surface area (Å²) in [5, 5.41) is 12.7. The van der Waals surface area contributed by atoms with Gasteiger partial charge in [0.1, 0.15) is 0 Å². The molecule has 2 bridgehead atoms. The van der Waals surface area contributed by atoms with Crippen molar-refractivity contribution in [2.45, 2.75) is 58.0 Å². The fraction of sp³-hybridized carbons (Fsp3) is 0.941. The molecule has 3 fully saturated rings. The summed E-state index contributed by atoms with van der Waals surface area (Å²) in [5.74, 6) is 3.10. The van der Waals surface area contributed by atoms with Gasteiger partial charge in [-0.1, -0.05) is 13.3 Å². The Hall–Kier alpha value is -0.610. The van der Waals surface area contributed by atoms with Gasteiger partial charge in [-0.25, -0.2) is 0 Å². The van der Waals surface area contributed by atoms with Gasteiger partial charge in [-0.2, -0.15) is 0 Å². The standard InChI is InChI=1S/C17H30N2O2/c1-11-5-6-19(16(11)10-20)9-17(21)18-12(2)15-8-13-3-4-14(15)7-13/h11-16,20H,3-10H2,1-2H3,(H,18,21). The first-order valence-electron chi connectivity index (χ1n) is 8.72. The first-order valence-corrected chi connectivity index (χ1v) is 8.72. The van der Waals surface area contributed by atoms with Crippen LogP contribution in [0.4, 0.5) is 0 Å². The van der Waals surface area contributed by atoms with Gasteiger partial charge in [0.15, 0.2) is 0 Å². The first-order chi connectivity index (χ1) is 10.1. The molecule has 1 saturated heterocycles. The zero-order chi connectivity index (χ0) is 15.0. The number of nitrogens with one attached hydrogen (secondary N) is 1. The number of amides is 1. The number of nitrogens with zero attached hydrogens (tertiary/aromatic N) is 1. The van der Waals surface area contributed by atoms with Crippen LogP contribution in [-0.2, 0) is 4.79 Å². The van der Waals surface area contributed by atoms with E-state index in [4.69, 9.17) is 0 Å². The number of aliphatic hydroxyl groups excluding tert-OH is 1. The minimum Gasteiger partial charge on any atom is -0.395 e. The molecule has 3 aliphatic rings. The Balaban J connectivity index is 1.48. The SMILES string of the molecule is CC1CCN(CC(=O)NC(C)C2CC3CCC2C3)C1CO. The molecule has 1 heterocycles. The fourth-order valence-electron chi connectivity index (χ4n) is 5.08. The molecular formula is C17H30N2O2. The molecule has 6 unspecified atom stereocenters. The Morgan fingerprint density at radius 2 is 2.14 bits per heavy atom. The summed E-state index contributed by atoms with van der Waals surface area (Å²) < 4.78 is 0. The average Bonchev–Trinajstić information content (AvgIpc) is 3.14. The number of rotatable bonds is 5. The molecule has 21 heavy (non-hydrogen) atoms. The van der Waals surface area contributed by atoms with E-state index in [9.17, 15) is 9.90 Å². The minimum absolute atomic E-state index is 0.137. The lowest BCUT2D eigenvalue weighted by molar-refractivity contribution is -0.123. The van der Waals surface area contributed by atoms with Crippen molar-refractivity contribution in [2.75, 3.05) is 19.7 Å². The second-order valence-electron chi connectivity index (χ2n) is 7.68. The van der Waals surface area contributed by atoms with Crippen molar-refractivity contribution in [3.63, 3.8) is 0 Å². The molecule has 2 saturated carbocycles. The molecule has 2 aliphatic carbocycles. The normalized spacial score (nSPS) is 40.6. The van der Waals surface area contributed by atoms with E-state index in [0.717, 1.165) is 24.8 Å². The Morgan fingerprint density at radius 1 is 1.33 bits per heavy atom. The minimum atomic E-state index is 0.137. The smallest absolute Gasteiger partial charge is 0.234 e. The lowest BCUT2D eigenvalue weighted by Crippen LogP contribution is -2.47. The molecule has 0 aromatic carbocycles. The molecular weight excluding hydrogens is 264 g/mol. The molecule has 4 nitrogen and oxygen atoms in total. The predicted octanol–water partition coefficient (Wildman–Crippen LogP) is 1.63. The summed E-state index contributed by atoms with van der Waals surface area (Å²) in [6.45, 7) is 5.88. The molecule has 1 aliphatic heterocycles. The van der Waals surface area contributed by atoms with Crippen molar-refractivity contribution < 1.29 is 9.90 Å². The van der Waals surface area contributed by atoms with Crippen LogP contribution >= 0.6 is 0 Å². The highest BCUT2D eigenvalue weighted by atomic mass is 16.3. The number of carbonyl (C=O) groups is 1. The van der Waals surface area contributed by atoms with Crippen molar-refractivity contribution in [3.05, 3.63) is 0 Å². The van der Waals surface area contributed by atoms with Gasteiger partial charge in [0, 0.05) is 12.1 Å². The van der Waals surface area contributed by atoms with Gasteiger partial charge in [-0.15, -0.1) is 0 Å². The molecule has 0 spiro atoms. The maximum atomic E-state index is 12.3. The highest BCUT2D eigenvalue weighted by Crippen LogP contribution is 2.49. The molecule has 0 aromatic rings. The number of fused-ring (bicyclic) bond motifs is 2. The molecule has 2 N–H and O–H groups in total. The highest BCUT2D eigenvalue weighted by Gasteiger charge is 2.42. The van der Waals surface area contributed by atoms with E-state index in [1.807, 2.05) is 0 Å². The predicted molar refractivity (Wildman–Crippen MR) is 82.8 cm³/mol. The summed E-state index contributed by atoms with van der Waals surface area (Å²) in [7, 11) is 0. The van der Waals surface area contributed by atoms with E-state index >= 15 is 0 Å². The van der Waals surface area contributed by atoms with E-state index in [1.54, 1.807) is 0 Å². The van der Waals surface area contributed by atoms with E-state index in [0.29, 0.717) is 24.4 Å². The van der Waals surface area contributed by atoms with Crippen LogP contribution < -0.4 is 5.32 Å². The Morgan fingerprint density at radius 3 is 2.76 bits per heavy atom. The van der Waals surface area contributed by atoms with Gasteiger partial charge in [0.2, 0.25) is 5.91 Å². The van der Waals surface area contributed by atoms with Crippen molar-refractivity contribution in [1.29, 1.82) is 0 Å². The van der Waals surface area contributed by atoms with Crippen LogP contribution in [0, 0.1) is 23.7 Å². The fourth-order valence-corrected chi connectivity index (χ4v) is 5.08. The largest absolute Gasteiger partial charge is 0.395 e. The van der Waals surface area contributed by atoms with Gasteiger partial charge in [0.05, 0.1) is 13.2 Å². The van der Waals surface area contributed by atoms with Gasteiger partial charge < -0.3 is 10.4 Å². The maximum absolute atomic E-state index is 12.3. The number of hydrogen-bond donors (Lipinski definition) is 2. The monoisotopic (exact) mass is 294 g/mol. The third-order valence-electron chi connectivity index (χ3n) is 6.35. The van der Waals surface area contributed by atoms with E-state index in [2.05, 4.69) is 24.1 Å². The highest BCUT2D eigenvalue weighted by molar-refractivity contribution is 5.78. The van der Waals surface area contributed by atoms with Crippen LogP contribution in [0.2, 0.25) is 0 Å². The topological polar surface area (TPSA) is 52.6 Å². The summed E-state index contributed by atoms with van der Waals surface area (Å²) in [5.41, 5.74) is 0. The molecule has 1 amide bonds. The number of carbonyl (C=O) groups excluding carboxylic acids is 1. The van der Waals surface area contributed by atoms with Crippen molar-refractivity contribution in [3.8, 4) is 0 Å². The second-order valence-corrected chi connectivity index (χ2v) is 7.68. The zero-order valence-electron chi connectivity index (χ0n) is 13.4. The lowest BCUT2D eigenvalue weighted by atomic mass is 9.84. The number of aliphatic hydroxyl groups is 1. The molecule has 4 heteroatoms. The van der Waals surface area contributed by atoms with E-state index < -0.39 is 0 Å². The molecule has 6 atom stereocenters. The van der Waals surface area contributed by atoms with Gasteiger partial charge >= 0.3 is 0 Å². The number of likely N-dealkylation sites (tertiary alicyclic amines) is 1. The summed E-state index contributed by atoms with van der Waals surface area (Å²) in [4.78, 5) is 14.5. The number of hydrogen-bond acceptors (Lipinski definition) is 3. The summed E-state index contributed by atoms with van der Waals surface area (Å²) >= 11 is 0.